The SMILES string of the molecule is COC(=O)c1cc(N)cnc1Sc1ncn[nH]1. The van der Waals surface area contributed by atoms with Crippen LogP contribution in [0.15, 0.2) is 28.8 Å². The summed E-state index contributed by atoms with van der Waals surface area (Å²) < 4.78 is 4.66. The van der Waals surface area contributed by atoms with Crippen LogP contribution in [-0.4, -0.2) is 33.2 Å². The number of pyridine rings is 1. The normalized spacial score (nSPS) is 10.2. The molecule has 2 heterocycles. The Labute approximate surface area is 101 Å². The number of esters is 1. The average molecular weight is 251 g/mol. The lowest BCUT2D eigenvalue weighted by Crippen LogP contribution is -2.05. The molecule has 2 aromatic rings. The topological polar surface area (TPSA) is 107 Å². The summed E-state index contributed by atoms with van der Waals surface area (Å²) in [7, 11) is 1.30. The molecule has 3 N–H and O–H groups in total. The number of rotatable bonds is 3. The minimum Gasteiger partial charge on any atom is -0.465 e. The Hall–Kier alpha value is -2.09. The smallest absolute Gasteiger partial charge is 0.340 e. The van der Waals surface area contributed by atoms with Crippen LogP contribution in [-0.2, 0) is 4.74 Å². The molecule has 0 fully saturated rings. The van der Waals surface area contributed by atoms with Crippen molar-refractivity contribution in [3.8, 4) is 0 Å². The van der Waals surface area contributed by atoms with E-state index in [-0.39, 0.29) is 0 Å². The molecule has 0 aromatic carbocycles. The number of nitrogen functional groups attached to an aromatic ring is 1. The van der Waals surface area contributed by atoms with Crippen LogP contribution in [0.4, 0.5) is 5.69 Å². The first-order valence-corrected chi connectivity index (χ1v) is 5.39. The second kappa shape index (κ2) is 4.83. The maximum atomic E-state index is 11.5. The van der Waals surface area contributed by atoms with E-state index in [0.717, 1.165) is 0 Å². The minimum absolute atomic E-state index is 0.300. The van der Waals surface area contributed by atoms with Gasteiger partial charge in [0.15, 0.2) is 5.16 Å². The highest BCUT2D eigenvalue weighted by Crippen LogP contribution is 2.26. The van der Waals surface area contributed by atoms with Gasteiger partial charge in [-0.25, -0.2) is 14.8 Å². The molecule has 88 valence electrons. The van der Waals surface area contributed by atoms with Crippen molar-refractivity contribution in [1.29, 1.82) is 0 Å². The highest BCUT2D eigenvalue weighted by atomic mass is 32.2. The fourth-order valence-electron chi connectivity index (χ4n) is 1.14. The number of aromatic nitrogens is 4. The Kier molecular flexibility index (Phi) is 3.24. The maximum absolute atomic E-state index is 11.5. The number of hydrogen-bond acceptors (Lipinski definition) is 7. The molecule has 0 aliphatic rings. The first-order valence-electron chi connectivity index (χ1n) is 4.57. The van der Waals surface area contributed by atoms with Gasteiger partial charge in [0.05, 0.1) is 24.6 Å². The average Bonchev–Trinajstić information content (AvgIpc) is 2.83. The van der Waals surface area contributed by atoms with Crippen LogP contribution in [0, 0.1) is 0 Å². The van der Waals surface area contributed by atoms with Gasteiger partial charge < -0.3 is 10.5 Å². The fraction of sp³-hybridized carbons (Fsp3) is 0.111. The van der Waals surface area contributed by atoms with Gasteiger partial charge >= 0.3 is 5.97 Å². The zero-order valence-electron chi connectivity index (χ0n) is 8.88. The van der Waals surface area contributed by atoms with E-state index in [1.165, 1.54) is 37.5 Å². The number of H-pyrrole nitrogens is 1. The van der Waals surface area contributed by atoms with Crippen molar-refractivity contribution in [3.63, 3.8) is 0 Å². The first kappa shape index (κ1) is 11.4. The molecular weight excluding hydrogens is 242 g/mol. The van der Waals surface area contributed by atoms with Crippen molar-refractivity contribution in [3.05, 3.63) is 24.2 Å². The number of nitrogens with two attached hydrogens (primary N) is 1. The highest BCUT2D eigenvalue weighted by molar-refractivity contribution is 7.99. The Morgan fingerprint density at radius 1 is 1.53 bits per heavy atom. The molecule has 0 spiro atoms. The molecule has 8 heteroatoms. The number of carbonyl (C=O) groups is 1. The summed E-state index contributed by atoms with van der Waals surface area (Å²) in [4.78, 5) is 19.5. The number of carbonyl (C=O) groups excluding carboxylic acids is 1. The molecule has 7 nitrogen and oxygen atoms in total. The molecule has 0 atom stereocenters. The highest BCUT2D eigenvalue weighted by Gasteiger charge is 2.15. The summed E-state index contributed by atoms with van der Waals surface area (Å²) in [5, 5.41) is 7.36. The molecule has 17 heavy (non-hydrogen) atoms. The quantitative estimate of drug-likeness (QED) is 0.774. The number of methoxy groups -OCH3 is 1. The molecular formula is C9H9N5O2S. The van der Waals surface area contributed by atoms with Crippen LogP contribution in [0.1, 0.15) is 10.4 Å². The van der Waals surface area contributed by atoms with Gasteiger partial charge in [0, 0.05) is 0 Å². The molecule has 0 bridgehead atoms. The van der Waals surface area contributed by atoms with Crippen molar-refractivity contribution < 1.29 is 9.53 Å². The molecule has 0 amide bonds. The lowest BCUT2D eigenvalue weighted by atomic mass is 10.3. The van der Waals surface area contributed by atoms with Crippen molar-refractivity contribution in [2.75, 3.05) is 12.8 Å². The number of nitrogens with one attached hydrogen (secondary N) is 1. The molecule has 0 aliphatic carbocycles. The zero-order valence-corrected chi connectivity index (χ0v) is 9.69. The van der Waals surface area contributed by atoms with E-state index in [0.29, 0.717) is 21.4 Å². The van der Waals surface area contributed by atoms with E-state index in [9.17, 15) is 4.79 Å². The summed E-state index contributed by atoms with van der Waals surface area (Å²) in [5.41, 5.74) is 6.27. The summed E-state index contributed by atoms with van der Waals surface area (Å²) in [6.07, 6.45) is 2.84. The van der Waals surface area contributed by atoms with Gasteiger partial charge in [0.1, 0.15) is 11.4 Å². The van der Waals surface area contributed by atoms with Gasteiger partial charge in [-0.3, -0.25) is 5.10 Å². The van der Waals surface area contributed by atoms with E-state index in [1.54, 1.807) is 0 Å². The number of ether oxygens (including phenoxy) is 1. The predicted octanol–water partition coefficient (Wildman–Crippen LogP) is 0.720. The molecule has 0 aliphatic heterocycles. The van der Waals surface area contributed by atoms with E-state index in [1.807, 2.05) is 0 Å². The Bertz CT molecular complexity index is 528. The summed E-state index contributed by atoms with van der Waals surface area (Å²) in [6, 6.07) is 1.51. The van der Waals surface area contributed by atoms with Crippen LogP contribution < -0.4 is 5.73 Å². The summed E-state index contributed by atoms with van der Waals surface area (Å²) >= 11 is 1.18. The second-order valence-corrected chi connectivity index (χ2v) is 3.98. The Balaban J connectivity index is 2.35. The van der Waals surface area contributed by atoms with Crippen molar-refractivity contribution >= 4 is 23.4 Å². The molecule has 2 aromatic heterocycles. The molecule has 0 saturated heterocycles. The minimum atomic E-state index is -0.494. The van der Waals surface area contributed by atoms with Gasteiger partial charge in [0.2, 0.25) is 0 Å². The van der Waals surface area contributed by atoms with Crippen LogP contribution in [0.3, 0.4) is 0 Å². The van der Waals surface area contributed by atoms with E-state index >= 15 is 0 Å². The standard InChI is InChI=1S/C9H9N5O2S/c1-16-8(15)6-2-5(10)3-11-7(6)17-9-12-4-13-14-9/h2-4H,10H2,1H3,(H,12,13,14). The van der Waals surface area contributed by atoms with Crippen molar-refractivity contribution in [2.24, 2.45) is 0 Å². The Morgan fingerprint density at radius 2 is 2.35 bits per heavy atom. The van der Waals surface area contributed by atoms with Gasteiger partial charge in [0.25, 0.3) is 0 Å². The van der Waals surface area contributed by atoms with Crippen molar-refractivity contribution in [1.82, 2.24) is 20.2 Å². The van der Waals surface area contributed by atoms with Gasteiger partial charge in [-0.05, 0) is 17.8 Å². The third-order valence-corrected chi connectivity index (χ3v) is 2.77. The van der Waals surface area contributed by atoms with Crippen LogP contribution in [0.5, 0.6) is 0 Å². The molecule has 0 saturated carbocycles. The number of hydrogen-bond donors (Lipinski definition) is 2. The molecule has 2 rings (SSSR count). The summed E-state index contributed by atoms with van der Waals surface area (Å²) in [5.74, 6) is -0.494. The first-order chi connectivity index (χ1) is 8.20. The maximum Gasteiger partial charge on any atom is 0.340 e. The number of anilines is 1. The van der Waals surface area contributed by atoms with Crippen LogP contribution >= 0.6 is 11.8 Å². The van der Waals surface area contributed by atoms with Gasteiger partial charge in [-0.15, -0.1) is 0 Å². The summed E-state index contributed by atoms with van der Waals surface area (Å²) in [6.45, 7) is 0. The predicted molar refractivity (Wildman–Crippen MR) is 60.5 cm³/mol. The lowest BCUT2D eigenvalue weighted by molar-refractivity contribution is 0.0596. The van der Waals surface area contributed by atoms with Crippen LogP contribution in [0.2, 0.25) is 0 Å². The van der Waals surface area contributed by atoms with E-state index in [4.69, 9.17) is 5.73 Å². The largest absolute Gasteiger partial charge is 0.465 e. The zero-order chi connectivity index (χ0) is 12.3. The van der Waals surface area contributed by atoms with Gasteiger partial charge in [-0.2, -0.15) is 5.10 Å². The van der Waals surface area contributed by atoms with E-state index < -0.39 is 5.97 Å². The monoisotopic (exact) mass is 251 g/mol. The second-order valence-electron chi connectivity index (χ2n) is 3.01. The lowest BCUT2D eigenvalue weighted by Gasteiger charge is -2.05. The Morgan fingerprint density at radius 3 is 3.00 bits per heavy atom. The number of nitrogens with zero attached hydrogens (tertiary/aromatic N) is 3. The van der Waals surface area contributed by atoms with Gasteiger partial charge in [-0.1, -0.05) is 0 Å². The third-order valence-electron chi connectivity index (χ3n) is 1.86. The van der Waals surface area contributed by atoms with Crippen molar-refractivity contribution in [2.45, 2.75) is 10.2 Å². The number of aromatic amines is 1. The van der Waals surface area contributed by atoms with Crippen LogP contribution in [0.25, 0.3) is 0 Å². The third kappa shape index (κ3) is 2.53. The fourth-order valence-corrected chi connectivity index (χ4v) is 1.88. The van der Waals surface area contributed by atoms with E-state index in [2.05, 4.69) is 24.9 Å². The molecule has 0 radical (unpaired) electrons. The molecule has 0 unspecified atom stereocenters.